The van der Waals surface area contributed by atoms with Gasteiger partial charge >= 0.3 is 0 Å². The summed E-state index contributed by atoms with van der Waals surface area (Å²) in [5, 5.41) is 0. The minimum Gasteiger partial charge on any atom is -0.0856 e. The predicted molar refractivity (Wildman–Crippen MR) is 62.3 cm³/mol. The van der Waals surface area contributed by atoms with Gasteiger partial charge in [-0.05, 0) is 56.3 Å². The normalized spacial score (nSPS) is 36.9. The Bertz CT molecular complexity index is 247. The number of hydrogen-bond acceptors (Lipinski definition) is 0. The Morgan fingerprint density at radius 3 is 2.57 bits per heavy atom. The molecule has 0 saturated heterocycles. The molecule has 1 saturated carbocycles. The summed E-state index contributed by atoms with van der Waals surface area (Å²) in [5.74, 6) is 0. The molecule has 1 atom stereocenters. The molecule has 0 bridgehead atoms. The lowest BCUT2D eigenvalue weighted by molar-refractivity contribution is 0.0709. The van der Waals surface area contributed by atoms with Crippen molar-refractivity contribution in [2.75, 3.05) is 0 Å². The summed E-state index contributed by atoms with van der Waals surface area (Å²) in [6.07, 6.45) is 12.5. The molecule has 0 aliphatic heterocycles. The third-order valence-electron chi connectivity index (χ3n) is 4.24. The second-order valence-corrected chi connectivity index (χ2v) is 6.46. The largest absolute Gasteiger partial charge is 0.0856 e. The Kier molecular flexibility index (Phi) is 2.49. The Labute approximate surface area is 88.8 Å². The van der Waals surface area contributed by atoms with E-state index in [9.17, 15) is 0 Å². The highest BCUT2D eigenvalue weighted by molar-refractivity contribution is 5.09. The smallest absolute Gasteiger partial charge is 0.0252 e. The lowest BCUT2D eigenvalue weighted by atomic mass is 9.58. The van der Waals surface area contributed by atoms with E-state index in [1.807, 2.05) is 0 Å². The van der Waals surface area contributed by atoms with Gasteiger partial charge in [-0.1, -0.05) is 31.9 Å². The molecule has 0 aromatic heterocycles. The summed E-state index contributed by atoms with van der Waals surface area (Å²) < 4.78 is 0. The SMILES string of the molecule is CC1=CCCC2(CCCC(C)(C)C2)C1. The lowest BCUT2D eigenvalue weighted by Crippen LogP contribution is -2.34. The van der Waals surface area contributed by atoms with Gasteiger partial charge < -0.3 is 0 Å². The van der Waals surface area contributed by atoms with Gasteiger partial charge in [0.1, 0.15) is 0 Å². The van der Waals surface area contributed by atoms with E-state index in [2.05, 4.69) is 26.8 Å². The zero-order valence-corrected chi connectivity index (χ0v) is 10.0. The highest BCUT2D eigenvalue weighted by Crippen LogP contribution is 2.53. The number of allylic oxidation sites excluding steroid dienone is 2. The van der Waals surface area contributed by atoms with Crippen LogP contribution in [0.5, 0.6) is 0 Å². The first-order valence-electron chi connectivity index (χ1n) is 6.17. The first-order valence-corrected chi connectivity index (χ1v) is 6.17. The maximum absolute atomic E-state index is 2.46. The Morgan fingerprint density at radius 2 is 1.93 bits per heavy atom. The number of rotatable bonds is 0. The van der Waals surface area contributed by atoms with Crippen LogP contribution in [-0.4, -0.2) is 0 Å². The molecule has 2 aliphatic carbocycles. The van der Waals surface area contributed by atoms with Crippen molar-refractivity contribution in [3.05, 3.63) is 11.6 Å². The average molecular weight is 192 g/mol. The molecule has 2 aliphatic rings. The second kappa shape index (κ2) is 3.40. The average Bonchev–Trinajstić information content (AvgIpc) is 2.00. The fraction of sp³-hybridized carbons (Fsp3) is 0.857. The van der Waals surface area contributed by atoms with Crippen molar-refractivity contribution in [2.24, 2.45) is 10.8 Å². The van der Waals surface area contributed by atoms with Gasteiger partial charge in [-0.2, -0.15) is 0 Å². The topological polar surface area (TPSA) is 0 Å². The summed E-state index contributed by atoms with van der Waals surface area (Å²) in [5.41, 5.74) is 2.95. The predicted octanol–water partition coefficient (Wildman–Crippen LogP) is 4.70. The molecule has 0 heterocycles. The van der Waals surface area contributed by atoms with E-state index >= 15 is 0 Å². The van der Waals surface area contributed by atoms with Crippen LogP contribution in [0.1, 0.15) is 65.7 Å². The van der Waals surface area contributed by atoms with Crippen LogP contribution in [0, 0.1) is 10.8 Å². The van der Waals surface area contributed by atoms with Crippen molar-refractivity contribution in [3.8, 4) is 0 Å². The van der Waals surface area contributed by atoms with Crippen molar-refractivity contribution in [2.45, 2.75) is 65.7 Å². The van der Waals surface area contributed by atoms with Crippen LogP contribution in [0.4, 0.5) is 0 Å². The Balaban J connectivity index is 2.12. The van der Waals surface area contributed by atoms with E-state index in [1.54, 1.807) is 5.57 Å². The molecule has 0 nitrogen and oxygen atoms in total. The van der Waals surface area contributed by atoms with Crippen LogP contribution in [0.25, 0.3) is 0 Å². The molecule has 1 spiro atoms. The highest BCUT2D eigenvalue weighted by atomic mass is 14.4. The van der Waals surface area contributed by atoms with E-state index in [4.69, 9.17) is 0 Å². The molecule has 0 aromatic carbocycles. The van der Waals surface area contributed by atoms with Crippen molar-refractivity contribution < 1.29 is 0 Å². The van der Waals surface area contributed by atoms with Gasteiger partial charge in [0, 0.05) is 0 Å². The molecule has 80 valence electrons. The molecular formula is C14H24. The van der Waals surface area contributed by atoms with Gasteiger partial charge in [0.25, 0.3) is 0 Å². The van der Waals surface area contributed by atoms with E-state index in [0.717, 1.165) is 0 Å². The molecule has 1 unspecified atom stereocenters. The van der Waals surface area contributed by atoms with Crippen LogP contribution in [0.3, 0.4) is 0 Å². The van der Waals surface area contributed by atoms with Crippen LogP contribution in [0.15, 0.2) is 11.6 Å². The zero-order valence-electron chi connectivity index (χ0n) is 10.0. The molecular weight excluding hydrogens is 168 g/mol. The number of hydrogen-bond donors (Lipinski definition) is 0. The van der Waals surface area contributed by atoms with Crippen LogP contribution in [0.2, 0.25) is 0 Å². The third-order valence-corrected chi connectivity index (χ3v) is 4.24. The third kappa shape index (κ3) is 2.04. The minimum absolute atomic E-state index is 0.607. The van der Waals surface area contributed by atoms with E-state index < -0.39 is 0 Å². The second-order valence-electron chi connectivity index (χ2n) is 6.46. The summed E-state index contributed by atoms with van der Waals surface area (Å²) >= 11 is 0. The maximum Gasteiger partial charge on any atom is -0.0252 e. The molecule has 0 N–H and O–H groups in total. The van der Waals surface area contributed by atoms with Gasteiger partial charge in [0.2, 0.25) is 0 Å². The molecule has 0 radical (unpaired) electrons. The highest BCUT2D eigenvalue weighted by Gasteiger charge is 2.40. The van der Waals surface area contributed by atoms with Gasteiger partial charge in [-0.3, -0.25) is 0 Å². The van der Waals surface area contributed by atoms with Gasteiger partial charge in [0.05, 0.1) is 0 Å². The van der Waals surface area contributed by atoms with E-state index in [1.165, 1.54) is 44.9 Å². The standard InChI is InChI=1S/C14H24/c1-12-6-4-8-14(10-12)9-5-7-13(2,3)11-14/h6H,4-5,7-11H2,1-3H3. The summed E-state index contributed by atoms with van der Waals surface area (Å²) in [6, 6.07) is 0. The van der Waals surface area contributed by atoms with Crippen LogP contribution < -0.4 is 0 Å². The Morgan fingerprint density at radius 1 is 1.14 bits per heavy atom. The lowest BCUT2D eigenvalue weighted by Gasteiger charge is -2.47. The van der Waals surface area contributed by atoms with Crippen molar-refractivity contribution >= 4 is 0 Å². The van der Waals surface area contributed by atoms with Gasteiger partial charge in [-0.15, -0.1) is 0 Å². The van der Waals surface area contributed by atoms with Crippen LogP contribution in [-0.2, 0) is 0 Å². The molecule has 1 fully saturated rings. The molecule has 2 rings (SSSR count). The Hall–Kier alpha value is -0.260. The first kappa shape index (κ1) is 10.3. The zero-order chi connectivity index (χ0) is 10.2. The summed E-state index contributed by atoms with van der Waals surface area (Å²) in [7, 11) is 0. The first-order chi connectivity index (χ1) is 6.52. The fourth-order valence-corrected chi connectivity index (χ4v) is 3.87. The van der Waals surface area contributed by atoms with Gasteiger partial charge in [0.15, 0.2) is 0 Å². The monoisotopic (exact) mass is 192 g/mol. The van der Waals surface area contributed by atoms with Gasteiger partial charge in [-0.25, -0.2) is 0 Å². The molecule has 0 aromatic rings. The summed E-state index contributed by atoms with van der Waals surface area (Å²) in [6.45, 7) is 7.24. The van der Waals surface area contributed by atoms with Crippen molar-refractivity contribution in [1.82, 2.24) is 0 Å². The van der Waals surface area contributed by atoms with Crippen LogP contribution >= 0.6 is 0 Å². The van der Waals surface area contributed by atoms with Crippen molar-refractivity contribution in [3.63, 3.8) is 0 Å². The minimum atomic E-state index is 0.607. The molecule has 14 heavy (non-hydrogen) atoms. The van der Waals surface area contributed by atoms with Crippen molar-refractivity contribution in [1.29, 1.82) is 0 Å². The van der Waals surface area contributed by atoms with E-state index in [-0.39, 0.29) is 0 Å². The molecule has 0 heteroatoms. The maximum atomic E-state index is 2.46. The molecule has 0 amide bonds. The fourth-order valence-electron chi connectivity index (χ4n) is 3.87. The quantitative estimate of drug-likeness (QED) is 0.488. The van der Waals surface area contributed by atoms with E-state index in [0.29, 0.717) is 10.8 Å². The summed E-state index contributed by atoms with van der Waals surface area (Å²) in [4.78, 5) is 0.